The lowest BCUT2D eigenvalue weighted by molar-refractivity contribution is -0.144. The zero-order valence-corrected chi connectivity index (χ0v) is 12.4. The fraction of sp³-hybridized carbons (Fsp3) is 0.562. The second-order valence-electron chi connectivity index (χ2n) is 4.95. The maximum absolute atomic E-state index is 11.4. The molecule has 1 N–H and O–H groups in total. The van der Waals surface area contributed by atoms with E-state index in [0.717, 1.165) is 32.5 Å². The Kier molecular flexibility index (Phi) is 7.92. The van der Waals surface area contributed by atoms with E-state index >= 15 is 0 Å². The largest absolute Gasteiger partial charge is 0.469 e. The normalized spacial score (nSPS) is 18.2. The summed E-state index contributed by atoms with van der Waals surface area (Å²) in [7, 11) is 1.46. The Morgan fingerprint density at radius 2 is 2.05 bits per heavy atom. The van der Waals surface area contributed by atoms with E-state index in [4.69, 9.17) is 9.84 Å². The predicted octanol–water partition coefficient (Wildman–Crippen LogP) is 2.07. The molecule has 1 atom stereocenters. The van der Waals surface area contributed by atoms with E-state index in [1.165, 1.54) is 12.7 Å². The molecule has 1 aliphatic rings. The molecule has 4 heteroatoms. The lowest BCUT2D eigenvalue weighted by Gasteiger charge is -2.15. The van der Waals surface area contributed by atoms with Crippen LogP contribution in [0.2, 0.25) is 0 Å². The van der Waals surface area contributed by atoms with Crippen molar-refractivity contribution in [1.82, 2.24) is 4.90 Å². The number of ether oxygens (including phenoxy) is 1. The highest BCUT2D eigenvalue weighted by molar-refractivity contribution is 5.72. The number of benzene rings is 1. The van der Waals surface area contributed by atoms with Crippen LogP contribution in [0.15, 0.2) is 30.3 Å². The van der Waals surface area contributed by atoms with Gasteiger partial charge in [0.25, 0.3) is 0 Å². The van der Waals surface area contributed by atoms with Gasteiger partial charge in [0.15, 0.2) is 0 Å². The van der Waals surface area contributed by atoms with Crippen molar-refractivity contribution in [1.29, 1.82) is 0 Å². The van der Waals surface area contributed by atoms with Crippen LogP contribution in [0, 0.1) is 5.92 Å². The van der Waals surface area contributed by atoms with Gasteiger partial charge in [-0.05, 0) is 24.9 Å². The molecule has 112 valence electrons. The Balaban J connectivity index is 0.000000444. The quantitative estimate of drug-likeness (QED) is 0.857. The van der Waals surface area contributed by atoms with E-state index in [2.05, 4.69) is 17.0 Å². The smallest absolute Gasteiger partial charge is 0.310 e. The third-order valence-electron chi connectivity index (χ3n) is 3.28. The van der Waals surface area contributed by atoms with Gasteiger partial charge in [0, 0.05) is 19.7 Å². The molecule has 20 heavy (non-hydrogen) atoms. The van der Waals surface area contributed by atoms with E-state index < -0.39 is 0 Å². The summed E-state index contributed by atoms with van der Waals surface area (Å²) in [6.45, 7) is 4.98. The van der Waals surface area contributed by atoms with Gasteiger partial charge < -0.3 is 9.84 Å². The van der Waals surface area contributed by atoms with Gasteiger partial charge in [-0.1, -0.05) is 37.3 Å². The first kappa shape index (κ1) is 16.7. The molecule has 0 spiro atoms. The second-order valence-corrected chi connectivity index (χ2v) is 4.95. The molecule has 0 aromatic heterocycles. The van der Waals surface area contributed by atoms with Gasteiger partial charge in [-0.3, -0.25) is 9.69 Å². The first-order valence-electron chi connectivity index (χ1n) is 7.16. The standard InChI is InChI=1S/C13H17NO2.C3H8O/c1-16-13(15)12-7-8-14(10-12)9-11-5-3-2-4-6-11;1-2-3-4/h2-6,12H,7-10H2,1H3;4H,2-3H2,1H3. The molecule has 0 radical (unpaired) electrons. The zero-order valence-electron chi connectivity index (χ0n) is 12.4. The molecule has 1 aromatic carbocycles. The van der Waals surface area contributed by atoms with Gasteiger partial charge in [-0.15, -0.1) is 0 Å². The lowest BCUT2D eigenvalue weighted by Crippen LogP contribution is -2.23. The summed E-state index contributed by atoms with van der Waals surface area (Å²) < 4.78 is 4.77. The van der Waals surface area contributed by atoms with E-state index in [-0.39, 0.29) is 11.9 Å². The van der Waals surface area contributed by atoms with Crippen LogP contribution in [-0.2, 0) is 16.1 Å². The lowest BCUT2D eigenvalue weighted by atomic mass is 10.1. The molecule has 0 saturated carbocycles. The number of rotatable bonds is 4. The number of carbonyl (C=O) groups is 1. The minimum Gasteiger partial charge on any atom is -0.469 e. The summed E-state index contributed by atoms with van der Waals surface area (Å²) >= 11 is 0. The average Bonchev–Trinajstić information content (AvgIpc) is 2.96. The van der Waals surface area contributed by atoms with Crippen LogP contribution in [0.5, 0.6) is 0 Å². The first-order valence-corrected chi connectivity index (χ1v) is 7.16. The van der Waals surface area contributed by atoms with Crippen LogP contribution in [0.25, 0.3) is 0 Å². The first-order chi connectivity index (χ1) is 9.71. The molecule has 1 unspecified atom stereocenters. The Hall–Kier alpha value is -1.39. The zero-order chi connectivity index (χ0) is 14.8. The fourth-order valence-corrected chi connectivity index (χ4v) is 2.18. The molecule has 2 rings (SSSR count). The number of esters is 1. The van der Waals surface area contributed by atoms with Gasteiger partial charge in [-0.2, -0.15) is 0 Å². The van der Waals surface area contributed by atoms with Crippen molar-refractivity contribution in [3.8, 4) is 0 Å². The van der Waals surface area contributed by atoms with Gasteiger partial charge in [0.05, 0.1) is 13.0 Å². The highest BCUT2D eigenvalue weighted by atomic mass is 16.5. The third-order valence-corrected chi connectivity index (χ3v) is 3.28. The number of aliphatic hydroxyl groups is 1. The summed E-state index contributed by atoms with van der Waals surface area (Å²) in [6.07, 6.45) is 1.79. The minimum atomic E-state index is -0.0736. The van der Waals surface area contributed by atoms with Gasteiger partial charge >= 0.3 is 5.97 Å². The molecular weight excluding hydrogens is 254 g/mol. The Morgan fingerprint density at radius 3 is 2.60 bits per heavy atom. The number of likely N-dealkylation sites (tertiary alicyclic amines) is 1. The topological polar surface area (TPSA) is 49.8 Å². The summed E-state index contributed by atoms with van der Waals surface area (Å²) in [6, 6.07) is 10.3. The van der Waals surface area contributed by atoms with Crippen LogP contribution in [0.3, 0.4) is 0 Å². The van der Waals surface area contributed by atoms with Gasteiger partial charge in [-0.25, -0.2) is 0 Å². The maximum Gasteiger partial charge on any atom is 0.310 e. The number of methoxy groups -OCH3 is 1. The monoisotopic (exact) mass is 279 g/mol. The van der Waals surface area contributed by atoms with Crippen LogP contribution in [0.1, 0.15) is 25.3 Å². The number of hydrogen-bond acceptors (Lipinski definition) is 4. The van der Waals surface area contributed by atoms with Crippen LogP contribution < -0.4 is 0 Å². The Labute approximate surface area is 121 Å². The van der Waals surface area contributed by atoms with Crippen LogP contribution in [0.4, 0.5) is 0 Å². The number of nitrogens with zero attached hydrogens (tertiary/aromatic N) is 1. The summed E-state index contributed by atoms with van der Waals surface area (Å²) in [4.78, 5) is 13.7. The Morgan fingerprint density at radius 1 is 1.40 bits per heavy atom. The fourth-order valence-electron chi connectivity index (χ4n) is 2.18. The number of hydrogen-bond donors (Lipinski definition) is 1. The van der Waals surface area contributed by atoms with E-state index in [1.54, 1.807) is 0 Å². The molecule has 0 amide bonds. The summed E-state index contributed by atoms with van der Waals surface area (Å²) in [5.41, 5.74) is 1.30. The SMILES string of the molecule is CCCO.COC(=O)C1CCN(Cc2ccccc2)C1. The van der Waals surface area contributed by atoms with Gasteiger partial charge in [0.1, 0.15) is 0 Å². The van der Waals surface area contributed by atoms with Crippen molar-refractivity contribution in [2.24, 2.45) is 5.92 Å². The van der Waals surface area contributed by atoms with Gasteiger partial charge in [0.2, 0.25) is 0 Å². The van der Waals surface area contributed by atoms with Crippen molar-refractivity contribution >= 4 is 5.97 Å². The average molecular weight is 279 g/mol. The van der Waals surface area contributed by atoms with Crippen LogP contribution in [-0.4, -0.2) is 42.8 Å². The highest BCUT2D eigenvalue weighted by Crippen LogP contribution is 2.19. The minimum absolute atomic E-state index is 0.0636. The summed E-state index contributed by atoms with van der Waals surface area (Å²) in [5.74, 6) is -0.00993. The molecule has 1 fully saturated rings. The van der Waals surface area contributed by atoms with Crippen molar-refractivity contribution < 1.29 is 14.6 Å². The third kappa shape index (κ3) is 5.72. The van der Waals surface area contributed by atoms with Crippen molar-refractivity contribution in [2.45, 2.75) is 26.3 Å². The number of aliphatic hydroxyl groups excluding tert-OH is 1. The molecule has 1 aromatic rings. The van der Waals surface area contributed by atoms with Crippen molar-refractivity contribution in [3.63, 3.8) is 0 Å². The van der Waals surface area contributed by atoms with Crippen molar-refractivity contribution in [2.75, 3.05) is 26.8 Å². The predicted molar refractivity (Wildman–Crippen MR) is 79.2 cm³/mol. The van der Waals surface area contributed by atoms with E-state index in [0.29, 0.717) is 6.61 Å². The highest BCUT2D eigenvalue weighted by Gasteiger charge is 2.28. The second kappa shape index (κ2) is 9.50. The molecule has 0 bridgehead atoms. The van der Waals surface area contributed by atoms with E-state index in [1.807, 2.05) is 25.1 Å². The molecule has 4 nitrogen and oxygen atoms in total. The molecule has 1 aliphatic heterocycles. The number of carbonyl (C=O) groups excluding carboxylic acids is 1. The molecule has 1 heterocycles. The molecular formula is C16H25NO3. The Bertz CT molecular complexity index is 379. The van der Waals surface area contributed by atoms with E-state index in [9.17, 15) is 4.79 Å². The summed E-state index contributed by atoms with van der Waals surface area (Å²) in [5, 5.41) is 7.88. The maximum atomic E-state index is 11.4. The van der Waals surface area contributed by atoms with Crippen LogP contribution >= 0.6 is 0 Å². The van der Waals surface area contributed by atoms with Crippen molar-refractivity contribution in [3.05, 3.63) is 35.9 Å². The molecule has 0 aliphatic carbocycles. The molecule has 1 saturated heterocycles.